The molecule has 2 unspecified atom stereocenters. The van der Waals surface area contributed by atoms with Gasteiger partial charge in [-0.1, -0.05) is 6.92 Å². The highest BCUT2D eigenvalue weighted by Crippen LogP contribution is 2.39. The number of rotatable bonds is 5. The third kappa shape index (κ3) is 2.59. The first-order valence-corrected chi connectivity index (χ1v) is 9.53. The van der Waals surface area contributed by atoms with Crippen molar-refractivity contribution in [3.63, 3.8) is 0 Å². The highest BCUT2D eigenvalue weighted by Gasteiger charge is 2.30. The van der Waals surface area contributed by atoms with Gasteiger partial charge in [-0.3, -0.25) is 4.68 Å². The number of fused-ring (bicyclic) bond motifs is 1. The Morgan fingerprint density at radius 1 is 1.38 bits per heavy atom. The predicted molar refractivity (Wildman–Crippen MR) is 90.5 cm³/mol. The molecule has 1 aliphatic rings. The molecule has 2 atom stereocenters. The van der Waals surface area contributed by atoms with Gasteiger partial charge in [0.05, 0.1) is 5.69 Å². The van der Waals surface area contributed by atoms with E-state index in [1.807, 2.05) is 23.5 Å². The van der Waals surface area contributed by atoms with E-state index in [1.165, 1.54) is 24.9 Å². The quantitative estimate of drug-likeness (QED) is 0.788. The Kier molecular flexibility index (Phi) is 4.50. The summed E-state index contributed by atoms with van der Waals surface area (Å²) in [5.74, 6) is 1.76. The molecule has 4 nitrogen and oxygen atoms in total. The SMILES string of the molecule is CCc1nn(C)c2c1nc(CCCl)n2C1CCC(SC)C1. The molecule has 0 N–H and O–H groups in total. The van der Waals surface area contributed by atoms with Crippen LogP contribution in [0, 0.1) is 0 Å². The number of hydrogen-bond donors (Lipinski definition) is 0. The highest BCUT2D eigenvalue weighted by molar-refractivity contribution is 7.99. The zero-order valence-corrected chi connectivity index (χ0v) is 14.5. The zero-order valence-electron chi connectivity index (χ0n) is 13.0. The maximum atomic E-state index is 6.00. The fraction of sp³-hybridized carbons (Fsp3) is 0.733. The molecule has 21 heavy (non-hydrogen) atoms. The van der Waals surface area contributed by atoms with Crippen molar-refractivity contribution in [3.05, 3.63) is 11.5 Å². The van der Waals surface area contributed by atoms with Crippen molar-refractivity contribution < 1.29 is 0 Å². The van der Waals surface area contributed by atoms with Crippen molar-refractivity contribution in [2.24, 2.45) is 7.05 Å². The van der Waals surface area contributed by atoms with Crippen molar-refractivity contribution in [3.8, 4) is 0 Å². The lowest BCUT2D eigenvalue weighted by molar-refractivity contribution is 0.502. The minimum Gasteiger partial charge on any atom is -0.310 e. The zero-order chi connectivity index (χ0) is 15.0. The first kappa shape index (κ1) is 15.2. The van der Waals surface area contributed by atoms with Gasteiger partial charge in [0.25, 0.3) is 0 Å². The second-order valence-electron chi connectivity index (χ2n) is 5.76. The van der Waals surface area contributed by atoms with Crippen LogP contribution in [0.4, 0.5) is 0 Å². The van der Waals surface area contributed by atoms with E-state index in [4.69, 9.17) is 16.6 Å². The van der Waals surface area contributed by atoms with Crippen LogP contribution in [0.2, 0.25) is 0 Å². The summed E-state index contributed by atoms with van der Waals surface area (Å²) in [5, 5.41) is 5.41. The normalized spacial score (nSPS) is 22.5. The molecule has 0 aliphatic heterocycles. The number of aryl methyl sites for hydroxylation is 3. The van der Waals surface area contributed by atoms with Gasteiger partial charge in [-0.25, -0.2) is 4.98 Å². The summed E-state index contributed by atoms with van der Waals surface area (Å²) >= 11 is 7.99. The van der Waals surface area contributed by atoms with Gasteiger partial charge >= 0.3 is 0 Å². The van der Waals surface area contributed by atoms with Crippen molar-refractivity contribution in [2.75, 3.05) is 12.1 Å². The van der Waals surface area contributed by atoms with Crippen LogP contribution in [0.1, 0.15) is 43.7 Å². The largest absolute Gasteiger partial charge is 0.310 e. The van der Waals surface area contributed by atoms with E-state index in [9.17, 15) is 0 Å². The lowest BCUT2D eigenvalue weighted by atomic mass is 10.2. The van der Waals surface area contributed by atoms with E-state index in [0.29, 0.717) is 11.9 Å². The van der Waals surface area contributed by atoms with Gasteiger partial charge in [-0.05, 0) is 31.9 Å². The second kappa shape index (κ2) is 6.21. The summed E-state index contributed by atoms with van der Waals surface area (Å²) in [7, 11) is 2.03. The van der Waals surface area contributed by atoms with E-state index < -0.39 is 0 Å². The Bertz CT molecular complexity index is 633. The molecule has 2 heterocycles. The maximum absolute atomic E-state index is 6.00. The summed E-state index contributed by atoms with van der Waals surface area (Å²) in [4.78, 5) is 4.88. The first-order valence-electron chi connectivity index (χ1n) is 7.71. The molecule has 1 saturated carbocycles. The van der Waals surface area contributed by atoms with Crippen LogP contribution in [-0.2, 0) is 19.9 Å². The van der Waals surface area contributed by atoms with Crippen LogP contribution in [0.3, 0.4) is 0 Å². The molecule has 0 aromatic carbocycles. The van der Waals surface area contributed by atoms with Gasteiger partial charge in [0.15, 0.2) is 5.65 Å². The average molecular weight is 327 g/mol. The van der Waals surface area contributed by atoms with Gasteiger partial charge in [-0.2, -0.15) is 16.9 Å². The first-order chi connectivity index (χ1) is 10.2. The summed E-state index contributed by atoms with van der Waals surface area (Å²) in [6.45, 7) is 2.14. The lowest BCUT2D eigenvalue weighted by Crippen LogP contribution is -2.13. The summed E-state index contributed by atoms with van der Waals surface area (Å²) in [5.41, 5.74) is 3.35. The average Bonchev–Trinajstić information content (AvgIpc) is 3.14. The van der Waals surface area contributed by atoms with E-state index >= 15 is 0 Å². The minimum atomic E-state index is 0.547. The number of aromatic nitrogens is 4. The summed E-state index contributed by atoms with van der Waals surface area (Å²) in [6.07, 6.45) is 7.74. The monoisotopic (exact) mass is 326 g/mol. The van der Waals surface area contributed by atoms with Gasteiger partial charge < -0.3 is 4.57 Å². The molecular weight excluding hydrogens is 304 g/mol. The third-order valence-corrected chi connectivity index (χ3v) is 5.80. The van der Waals surface area contributed by atoms with Crippen LogP contribution < -0.4 is 0 Å². The molecule has 2 aromatic heterocycles. The van der Waals surface area contributed by atoms with Crippen LogP contribution in [0.25, 0.3) is 11.2 Å². The van der Waals surface area contributed by atoms with Gasteiger partial charge in [-0.15, -0.1) is 11.6 Å². The van der Waals surface area contributed by atoms with Gasteiger partial charge in [0.2, 0.25) is 0 Å². The van der Waals surface area contributed by atoms with Crippen molar-refractivity contribution >= 4 is 34.5 Å². The van der Waals surface area contributed by atoms with Crippen molar-refractivity contribution in [1.29, 1.82) is 0 Å². The Hall–Kier alpha value is -0.680. The number of nitrogens with zero attached hydrogens (tertiary/aromatic N) is 4. The van der Waals surface area contributed by atoms with Crippen LogP contribution in [0.15, 0.2) is 0 Å². The third-order valence-electron chi connectivity index (χ3n) is 4.52. The predicted octanol–water partition coefficient (Wildman–Crippen LogP) is 3.57. The number of hydrogen-bond acceptors (Lipinski definition) is 3. The molecule has 3 rings (SSSR count). The molecule has 116 valence electrons. The molecule has 0 amide bonds. The van der Waals surface area contributed by atoms with Gasteiger partial charge in [0.1, 0.15) is 11.3 Å². The van der Waals surface area contributed by atoms with Gasteiger partial charge in [0, 0.05) is 30.6 Å². The Morgan fingerprint density at radius 2 is 2.19 bits per heavy atom. The number of imidazole rings is 1. The number of thioether (sulfide) groups is 1. The molecular formula is C15H23ClN4S. The van der Waals surface area contributed by atoms with Crippen molar-refractivity contribution in [2.45, 2.75) is 50.3 Å². The standard InChI is InChI=1S/C15H23ClN4S/c1-4-12-14-15(19(2)18-12)20(13(17-14)7-8-16)10-5-6-11(9-10)21-3/h10-11H,4-9H2,1-3H3. The number of alkyl halides is 1. The molecule has 0 saturated heterocycles. The van der Waals surface area contributed by atoms with Crippen molar-refractivity contribution in [1.82, 2.24) is 19.3 Å². The Labute approximate surface area is 135 Å². The Balaban J connectivity index is 2.10. The second-order valence-corrected chi connectivity index (χ2v) is 7.27. The maximum Gasteiger partial charge on any atom is 0.158 e. The summed E-state index contributed by atoms with van der Waals surface area (Å²) in [6, 6.07) is 0.547. The fourth-order valence-corrected chi connectivity index (χ4v) is 4.45. The number of halogens is 1. The van der Waals surface area contributed by atoms with Crippen LogP contribution in [0.5, 0.6) is 0 Å². The van der Waals surface area contributed by atoms with E-state index in [1.54, 1.807) is 0 Å². The van der Waals surface area contributed by atoms with Crippen LogP contribution >= 0.6 is 23.4 Å². The highest BCUT2D eigenvalue weighted by atomic mass is 35.5. The molecule has 0 spiro atoms. The molecule has 0 radical (unpaired) electrons. The van der Waals surface area contributed by atoms with E-state index in [0.717, 1.165) is 35.1 Å². The molecule has 0 bridgehead atoms. The fourth-order valence-electron chi connectivity index (χ4n) is 3.50. The smallest absolute Gasteiger partial charge is 0.158 e. The van der Waals surface area contributed by atoms with Crippen LogP contribution in [-0.4, -0.2) is 36.7 Å². The lowest BCUT2D eigenvalue weighted by Gasteiger charge is -2.16. The van der Waals surface area contributed by atoms with E-state index in [2.05, 4.69) is 22.8 Å². The molecule has 1 aliphatic carbocycles. The molecule has 6 heteroatoms. The minimum absolute atomic E-state index is 0.547. The summed E-state index contributed by atoms with van der Waals surface area (Å²) < 4.78 is 4.44. The molecule has 1 fully saturated rings. The Morgan fingerprint density at radius 3 is 2.81 bits per heavy atom. The van der Waals surface area contributed by atoms with E-state index in [-0.39, 0.29) is 0 Å². The molecule has 2 aromatic rings. The topological polar surface area (TPSA) is 35.6 Å².